The molecule has 0 amide bonds. The van der Waals surface area contributed by atoms with Gasteiger partial charge in [0.1, 0.15) is 23.9 Å². The molecule has 0 saturated carbocycles. The average Bonchev–Trinajstić information content (AvgIpc) is 2.72. The van der Waals surface area contributed by atoms with Crippen LogP contribution < -0.4 is 14.2 Å². The first kappa shape index (κ1) is 22.0. The van der Waals surface area contributed by atoms with Crippen molar-refractivity contribution in [2.75, 3.05) is 38.4 Å². The molecule has 0 aromatic heterocycles. The molecule has 156 valence electrons. The molecular formula is C19H21NO8S. The van der Waals surface area contributed by atoms with E-state index in [1.54, 1.807) is 24.3 Å². The summed E-state index contributed by atoms with van der Waals surface area (Å²) in [6, 6.07) is 10.5. The molecule has 0 atom stereocenters. The molecule has 29 heavy (non-hydrogen) atoms. The summed E-state index contributed by atoms with van der Waals surface area (Å²) in [5.41, 5.74) is -0.0589. The Kier molecular flexibility index (Phi) is 7.43. The Labute approximate surface area is 168 Å². The number of hydrogen-bond acceptors (Lipinski definition) is 8. The van der Waals surface area contributed by atoms with Crippen LogP contribution in [0, 0.1) is 0 Å². The van der Waals surface area contributed by atoms with E-state index < -0.39 is 22.0 Å². The van der Waals surface area contributed by atoms with Gasteiger partial charge in [0.25, 0.3) is 0 Å². The Morgan fingerprint density at radius 2 is 1.52 bits per heavy atom. The first-order chi connectivity index (χ1) is 13.8. The molecule has 0 unspecified atom stereocenters. The largest absolute Gasteiger partial charge is 0.497 e. The number of carbonyl (C=O) groups excluding carboxylic acids is 2. The number of hydrogen-bond donors (Lipinski definition) is 1. The normalized spacial score (nSPS) is 10.7. The van der Waals surface area contributed by atoms with E-state index in [4.69, 9.17) is 9.47 Å². The Bertz CT molecular complexity index is 970. The summed E-state index contributed by atoms with van der Waals surface area (Å²) in [6.45, 7) is -0.133. The standard InChI is InChI=1S/C19H21NO8S/c1-25-14-5-7-15(8-6-14)28-10-11-29(23,24)20-17-12-13(18(21)26-2)4-9-16(17)19(22)27-3/h4-9,12,20H,10-11H2,1-3H3. The maximum Gasteiger partial charge on any atom is 0.339 e. The fourth-order valence-electron chi connectivity index (χ4n) is 2.32. The minimum Gasteiger partial charge on any atom is -0.497 e. The zero-order chi connectivity index (χ0) is 21.4. The smallest absolute Gasteiger partial charge is 0.339 e. The van der Waals surface area contributed by atoms with Gasteiger partial charge in [-0.2, -0.15) is 0 Å². The molecule has 0 bridgehead atoms. The summed E-state index contributed by atoms with van der Waals surface area (Å²) >= 11 is 0. The van der Waals surface area contributed by atoms with Crippen molar-refractivity contribution in [2.45, 2.75) is 0 Å². The third-order valence-corrected chi connectivity index (χ3v) is 5.03. The topological polar surface area (TPSA) is 117 Å². The fourth-order valence-corrected chi connectivity index (χ4v) is 3.23. The highest BCUT2D eigenvalue weighted by Crippen LogP contribution is 2.21. The van der Waals surface area contributed by atoms with E-state index in [0.717, 1.165) is 7.11 Å². The van der Waals surface area contributed by atoms with E-state index in [2.05, 4.69) is 14.2 Å². The maximum absolute atomic E-state index is 12.4. The fraction of sp³-hybridized carbons (Fsp3) is 0.263. The van der Waals surface area contributed by atoms with Crippen molar-refractivity contribution >= 4 is 27.6 Å². The average molecular weight is 423 g/mol. The molecular weight excluding hydrogens is 402 g/mol. The Morgan fingerprint density at radius 3 is 2.10 bits per heavy atom. The lowest BCUT2D eigenvalue weighted by molar-refractivity contribution is 0.0587. The highest BCUT2D eigenvalue weighted by molar-refractivity contribution is 7.92. The zero-order valence-corrected chi connectivity index (χ0v) is 16.9. The van der Waals surface area contributed by atoms with Crippen LogP contribution >= 0.6 is 0 Å². The van der Waals surface area contributed by atoms with E-state index in [1.165, 1.54) is 32.4 Å². The third-order valence-electron chi connectivity index (χ3n) is 3.79. The summed E-state index contributed by atoms with van der Waals surface area (Å²) in [5.74, 6) is -0.697. The predicted molar refractivity (Wildman–Crippen MR) is 105 cm³/mol. The van der Waals surface area contributed by atoms with Crippen LogP contribution in [-0.4, -0.2) is 54.0 Å². The SMILES string of the molecule is COC(=O)c1ccc(C(=O)OC)c(NS(=O)(=O)CCOc2ccc(OC)cc2)c1. The summed E-state index contributed by atoms with van der Waals surface area (Å²) in [5, 5.41) is 0. The van der Waals surface area contributed by atoms with E-state index in [-0.39, 0.29) is 29.2 Å². The highest BCUT2D eigenvalue weighted by atomic mass is 32.2. The summed E-state index contributed by atoms with van der Waals surface area (Å²) in [6.07, 6.45) is 0. The summed E-state index contributed by atoms with van der Waals surface area (Å²) in [4.78, 5) is 23.6. The molecule has 2 aromatic rings. The van der Waals surface area contributed by atoms with Crippen LogP contribution in [0.1, 0.15) is 20.7 Å². The van der Waals surface area contributed by atoms with Crippen molar-refractivity contribution in [1.82, 2.24) is 0 Å². The molecule has 10 heteroatoms. The lowest BCUT2D eigenvalue weighted by Crippen LogP contribution is -2.23. The van der Waals surface area contributed by atoms with Crippen LogP contribution in [0.25, 0.3) is 0 Å². The summed E-state index contributed by atoms with van der Waals surface area (Å²) in [7, 11) is -0.00141. The number of nitrogens with one attached hydrogen (secondary N) is 1. The van der Waals surface area contributed by atoms with Gasteiger partial charge < -0.3 is 18.9 Å². The van der Waals surface area contributed by atoms with Crippen LogP contribution in [-0.2, 0) is 19.5 Å². The van der Waals surface area contributed by atoms with Crippen molar-refractivity contribution in [3.05, 3.63) is 53.6 Å². The number of rotatable bonds is 9. The quantitative estimate of drug-likeness (QED) is 0.609. The molecule has 0 fully saturated rings. The second-order valence-corrected chi connectivity index (χ2v) is 7.53. The second-order valence-electron chi connectivity index (χ2n) is 5.69. The lowest BCUT2D eigenvalue weighted by atomic mass is 10.1. The summed E-state index contributed by atoms with van der Waals surface area (Å²) < 4.78 is 46.9. The van der Waals surface area contributed by atoms with Crippen LogP contribution in [0.15, 0.2) is 42.5 Å². The van der Waals surface area contributed by atoms with E-state index in [0.29, 0.717) is 11.5 Å². The van der Waals surface area contributed by atoms with Crippen molar-refractivity contribution in [2.24, 2.45) is 0 Å². The van der Waals surface area contributed by atoms with Gasteiger partial charge in [0.05, 0.1) is 38.1 Å². The van der Waals surface area contributed by atoms with Crippen LogP contribution in [0.4, 0.5) is 5.69 Å². The van der Waals surface area contributed by atoms with Crippen LogP contribution in [0.2, 0.25) is 0 Å². The molecule has 0 heterocycles. The van der Waals surface area contributed by atoms with Crippen molar-refractivity contribution < 1.29 is 37.0 Å². The number of carbonyl (C=O) groups is 2. The first-order valence-electron chi connectivity index (χ1n) is 8.37. The van der Waals surface area contributed by atoms with Gasteiger partial charge in [-0.25, -0.2) is 18.0 Å². The molecule has 2 rings (SSSR count). The molecule has 0 aliphatic heterocycles. The zero-order valence-electron chi connectivity index (χ0n) is 16.1. The minimum absolute atomic E-state index is 0.0419. The molecule has 0 radical (unpaired) electrons. The Morgan fingerprint density at radius 1 is 0.897 bits per heavy atom. The predicted octanol–water partition coefficient (Wildman–Crippen LogP) is 2.09. The third kappa shape index (κ3) is 6.11. The molecule has 9 nitrogen and oxygen atoms in total. The van der Waals surface area contributed by atoms with Gasteiger partial charge in [0.2, 0.25) is 10.0 Å². The number of esters is 2. The van der Waals surface area contributed by atoms with Gasteiger partial charge >= 0.3 is 11.9 Å². The van der Waals surface area contributed by atoms with Gasteiger partial charge in [0.15, 0.2) is 0 Å². The molecule has 0 spiro atoms. The highest BCUT2D eigenvalue weighted by Gasteiger charge is 2.20. The monoisotopic (exact) mass is 423 g/mol. The first-order valence-corrected chi connectivity index (χ1v) is 10.0. The number of benzene rings is 2. The molecule has 2 aromatic carbocycles. The van der Waals surface area contributed by atoms with Gasteiger partial charge in [-0.05, 0) is 42.5 Å². The number of ether oxygens (including phenoxy) is 4. The van der Waals surface area contributed by atoms with Gasteiger partial charge in [-0.15, -0.1) is 0 Å². The molecule has 1 N–H and O–H groups in total. The molecule has 0 saturated heterocycles. The minimum atomic E-state index is -3.89. The van der Waals surface area contributed by atoms with Crippen molar-refractivity contribution in [3.8, 4) is 11.5 Å². The van der Waals surface area contributed by atoms with Crippen molar-refractivity contribution in [3.63, 3.8) is 0 Å². The van der Waals surface area contributed by atoms with Crippen LogP contribution in [0.3, 0.4) is 0 Å². The Balaban J connectivity index is 2.12. The number of methoxy groups -OCH3 is 3. The van der Waals surface area contributed by atoms with Gasteiger partial charge in [0, 0.05) is 0 Å². The maximum atomic E-state index is 12.4. The molecule has 0 aliphatic rings. The van der Waals surface area contributed by atoms with Gasteiger partial charge in [-0.3, -0.25) is 4.72 Å². The number of anilines is 1. The van der Waals surface area contributed by atoms with E-state index in [1.807, 2.05) is 0 Å². The van der Waals surface area contributed by atoms with E-state index >= 15 is 0 Å². The lowest BCUT2D eigenvalue weighted by Gasteiger charge is -2.13. The van der Waals surface area contributed by atoms with Crippen molar-refractivity contribution in [1.29, 1.82) is 0 Å². The molecule has 0 aliphatic carbocycles. The second kappa shape index (κ2) is 9.78. The number of sulfonamides is 1. The van der Waals surface area contributed by atoms with Crippen LogP contribution in [0.5, 0.6) is 11.5 Å². The Hall–Kier alpha value is -3.27. The van der Waals surface area contributed by atoms with Gasteiger partial charge in [-0.1, -0.05) is 0 Å². The van der Waals surface area contributed by atoms with E-state index in [9.17, 15) is 18.0 Å².